The molecule has 0 aromatic carbocycles. The quantitative estimate of drug-likeness (QED) is 0.638. The molecule has 0 saturated carbocycles. The largest absolute Gasteiger partial charge is 0.468 e. The molecule has 0 atom stereocenters. The summed E-state index contributed by atoms with van der Waals surface area (Å²) in [6, 6.07) is 1.95. The Balaban J connectivity index is 2.07. The highest BCUT2D eigenvalue weighted by Gasteiger charge is 2.04. The summed E-state index contributed by atoms with van der Waals surface area (Å²) < 4.78 is 16.3. The predicted molar refractivity (Wildman–Crippen MR) is 66.9 cm³/mol. The van der Waals surface area contributed by atoms with Crippen LogP contribution in [0, 0.1) is 0 Å². The molecule has 1 N–H and O–H groups in total. The van der Waals surface area contributed by atoms with E-state index in [1.807, 2.05) is 13.1 Å². The molecule has 0 radical (unpaired) electrons. The van der Waals surface area contributed by atoms with Gasteiger partial charge in [-0.25, -0.2) is 0 Å². The molecule has 1 heterocycles. The summed E-state index contributed by atoms with van der Waals surface area (Å²) in [4.78, 5) is 0. The van der Waals surface area contributed by atoms with Crippen molar-refractivity contribution in [1.82, 2.24) is 5.32 Å². The first-order chi connectivity index (χ1) is 8.38. The number of hydrogen-bond acceptors (Lipinski definition) is 4. The summed E-state index contributed by atoms with van der Waals surface area (Å²) in [6.45, 7) is 5.61. The van der Waals surface area contributed by atoms with E-state index in [9.17, 15) is 0 Å². The van der Waals surface area contributed by atoms with E-state index in [0.29, 0.717) is 19.8 Å². The fourth-order valence-electron chi connectivity index (χ4n) is 1.46. The topological polar surface area (TPSA) is 43.6 Å². The summed E-state index contributed by atoms with van der Waals surface area (Å²) in [6.07, 6.45) is 3.99. The van der Waals surface area contributed by atoms with Gasteiger partial charge in [0.15, 0.2) is 0 Å². The first-order valence-electron chi connectivity index (χ1n) is 6.23. The summed E-state index contributed by atoms with van der Waals surface area (Å²) in [5.41, 5.74) is 1.10. The molecule has 1 aromatic rings. The highest BCUT2D eigenvalue weighted by Crippen LogP contribution is 2.11. The minimum absolute atomic E-state index is 0.588. The number of unbranched alkanes of at least 4 members (excludes halogenated alkanes) is 1. The summed E-state index contributed by atoms with van der Waals surface area (Å²) in [5, 5.41) is 3.06. The van der Waals surface area contributed by atoms with Crippen molar-refractivity contribution in [2.75, 3.05) is 26.9 Å². The van der Waals surface area contributed by atoms with Crippen LogP contribution in [0.1, 0.15) is 31.1 Å². The lowest BCUT2D eigenvalue weighted by Crippen LogP contribution is -2.08. The van der Waals surface area contributed by atoms with Gasteiger partial charge in [-0.2, -0.15) is 0 Å². The molecule has 0 spiro atoms. The van der Waals surface area contributed by atoms with E-state index in [-0.39, 0.29) is 0 Å². The van der Waals surface area contributed by atoms with Crippen molar-refractivity contribution < 1.29 is 13.9 Å². The standard InChI is InChI=1S/C13H23NO3/c1-3-4-6-15-8-9-16-11-12-5-7-17-13(12)10-14-2/h5,7,14H,3-4,6,8-11H2,1-2H3. The number of furan rings is 1. The molecule has 0 bridgehead atoms. The third-order valence-corrected chi connectivity index (χ3v) is 2.45. The molecule has 0 saturated heterocycles. The molecular weight excluding hydrogens is 218 g/mol. The highest BCUT2D eigenvalue weighted by atomic mass is 16.5. The average molecular weight is 241 g/mol. The molecule has 0 amide bonds. The van der Waals surface area contributed by atoms with E-state index in [0.717, 1.165) is 30.9 Å². The van der Waals surface area contributed by atoms with E-state index in [1.165, 1.54) is 6.42 Å². The minimum atomic E-state index is 0.588. The maximum atomic E-state index is 5.53. The first-order valence-corrected chi connectivity index (χ1v) is 6.23. The first kappa shape index (κ1) is 14.2. The number of nitrogens with one attached hydrogen (secondary N) is 1. The van der Waals surface area contributed by atoms with Gasteiger partial charge in [0, 0.05) is 12.2 Å². The van der Waals surface area contributed by atoms with Gasteiger partial charge in [-0.1, -0.05) is 13.3 Å². The summed E-state index contributed by atoms with van der Waals surface area (Å²) in [5.74, 6) is 0.944. The van der Waals surface area contributed by atoms with Gasteiger partial charge in [0.05, 0.1) is 32.6 Å². The lowest BCUT2D eigenvalue weighted by molar-refractivity contribution is 0.0392. The number of hydrogen-bond donors (Lipinski definition) is 1. The Bertz CT molecular complexity index is 286. The Hall–Kier alpha value is -0.840. The fourth-order valence-corrected chi connectivity index (χ4v) is 1.46. The van der Waals surface area contributed by atoms with Gasteiger partial charge in [0.2, 0.25) is 0 Å². The van der Waals surface area contributed by atoms with Crippen molar-refractivity contribution in [3.8, 4) is 0 Å². The lowest BCUT2D eigenvalue weighted by atomic mass is 10.2. The van der Waals surface area contributed by atoms with E-state index in [1.54, 1.807) is 6.26 Å². The van der Waals surface area contributed by atoms with Crippen LogP contribution in [0.2, 0.25) is 0 Å². The maximum absolute atomic E-state index is 5.53. The lowest BCUT2D eigenvalue weighted by Gasteiger charge is -2.05. The van der Waals surface area contributed by atoms with Crippen molar-refractivity contribution in [3.05, 3.63) is 23.7 Å². The van der Waals surface area contributed by atoms with Gasteiger partial charge < -0.3 is 19.2 Å². The van der Waals surface area contributed by atoms with Crippen molar-refractivity contribution in [2.24, 2.45) is 0 Å². The summed E-state index contributed by atoms with van der Waals surface area (Å²) in [7, 11) is 1.90. The van der Waals surface area contributed by atoms with Crippen LogP contribution in [0.25, 0.3) is 0 Å². The molecule has 0 aliphatic rings. The Morgan fingerprint density at radius 1 is 1.24 bits per heavy atom. The van der Waals surface area contributed by atoms with Gasteiger partial charge in [0.1, 0.15) is 5.76 Å². The van der Waals surface area contributed by atoms with E-state index < -0.39 is 0 Å². The second kappa shape index (κ2) is 9.22. The van der Waals surface area contributed by atoms with Crippen LogP contribution < -0.4 is 5.32 Å². The highest BCUT2D eigenvalue weighted by molar-refractivity contribution is 5.15. The second-order valence-electron chi connectivity index (χ2n) is 3.92. The van der Waals surface area contributed by atoms with Crippen molar-refractivity contribution in [1.29, 1.82) is 0 Å². The molecule has 1 aromatic heterocycles. The van der Waals surface area contributed by atoms with Gasteiger partial charge in [0.25, 0.3) is 0 Å². The van der Waals surface area contributed by atoms with Gasteiger partial charge >= 0.3 is 0 Å². The normalized spacial score (nSPS) is 10.9. The third-order valence-electron chi connectivity index (χ3n) is 2.45. The van der Waals surface area contributed by atoms with E-state index in [4.69, 9.17) is 13.9 Å². The van der Waals surface area contributed by atoms with Crippen LogP contribution >= 0.6 is 0 Å². The monoisotopic (exact) mass is 241 g/mol. The molecule has 0 fully saturated rings. The van der Waals surface area contributed by atoms with Crippen molar-refractivity contribution in [3.63, 3.8) is 0 Å². The SMILES string of the molecule is CCCCOCCOCc1ccoc1CNC. The molecule has 1 rings (SSSR count). The molecule has 0 aliphatic heterocycles. The molecule has 4 heteroatoms. The third kappa shape index (κ3) is 5.86. The van der Waals surface area contributed by atoms with Crippen LogP contribution in [0.3, 0.4) is 0 Å². The zero-order chi connectivity index (χ0) is 12.3. The number of rotatable bonds is 10. The zero-order valence-electron chi connectivity index (χ0n) is 10.8. The molecule has 0 aliphatic carbocycles. The molecular formula is C13H23NO3. The smallest absolute Gasteiger partial charge is 0.123 e. The van der Waals surface area contributed by atoms with Crippen LogP contribution in [-0.2, 0) is 22.6 Å². The van der Waals surface area contributed by atoms with Crippen LogP contribution in [0.4, 0.5) is 0 Å². The Labute approximate surface area is 103 Å². The second-order valence-corrected chi connectivity index (χ2v) is 3.92. The molecule has 0 unspecified atom stereocenters. The van der Waals surface area contributed by atoms with Crippen molar-refractivity contribution >= 4 is 0 Å². The zero-order valence-corrected chi connectivity index (χ0v) is 10.8. The van der Waals surface area contributed by atoms with Crippen LogP contribution in [0.15, 0.2) is 16.7 Å². The van der Waals surface area contributed by atoms with Gasteiger partial charge in [-0.3, -0.25) is 0 Å². The van der Waals surface area contributed by atoms with Gasteiger partial charge in [-0.15, -0.1) is 0 Å². The van der Waals surface area contributed by atoms with E-state index >= 15 is 0 Å². The predicted octanol–water partition coefficient (Wildman–Crippen LogP) is 2.33. The Morgan fingerprint density at radius 2 is 2.06 bits per heavy atom. The van der Waals surface area contributed by atoms with E-state index in [2.05, 4.69) is 12.2 Å². The molecule has 4 nitrogen and oxygen atoms in total. The summed E-state index contributed by atoms with van der Waals surface area (Å²) >= 11 is 0. The molecule has 17 heavy (non-hydrogen) atoms. The van der Waals surface area contributed by atoms with Crippen LogP contribution in [0.5, 0.6) is 0 Å². The minimum Gasteiger partial charge on any atom is -0.468 e. The van der Waals surface area contributed by atoms with Gasteiger partial charge in [-0.05, 0) is 19.5 Å². The van der Waals surface area contributed by atoms with Crippen LogP contribution in [-0.4, -0.2) is 26.9 Å². The Kier molecular flexibility index (Phi) is 7.71. The fraction of sp³-hybridized carbons (Fsp3) is 0.692. The number of ether oxygens (including phenoxy) is 2. The van der Waals surface area contributed by atoms with Crippen molar-refractivity contribution in [2.45, 2.75) is 32.9 Å². The Morgan fingerprint density at radius 3 is 2.82 bits per heavy atom. The maximum Gasteiger partial charge on any atom is 0.123 e. The molecule has 98 valence electrons. The average Bonchev–Trinajstić information content (AvgIpc) is 2.76.